The number of nitrogens with zero attached hydrogens (tertiary/aromatic N) is 3. The highest BCUT2D eigenvalue weighted by Gasteiger charge is 2.27. The van der Waals surface area contributed by atoms with E-state index in [9.17, 15) is 9.18 Å². The van der Waals surface area contributed by atoms with Crippen LogP contribution < -0.4 is 5.32 Å². The highest BCUT2D eigenvalue weighted by molar-refractivity contribution is 5.94. The van der Waals surface area contributed by atoms with Gasteiger partial charge in [0.2, 0.25) is 0 Å². The molecule has 1 amide bonds. The number of allylic oxidation sites excluding steroid dienone is 1. The largest absolute Gasteiger partial charge is 0.346 e. The molecule has 6 heteroatoms. The van der Waals surface area contributed by atoms with Crippen molar-refractivity contribution in [3.8, 4) is 5.69 Å². The first-order valence-electron chi connectivity index (χ1n) is 9.24. The van der Waals surface area contributed by atoms with E-state index in [1.807, 2.05) is 24.6 Å². The first kappa shape index (κ1) is 18.1. The predicted molar refractivity (Wildman–Crippen MR) is 105 cm³/mol. The van der Waals surface area contributed by atoms with Crippen molar-refractivity contribution in [2.45, 2.75) is 32.2 Å². The van der Waals surface area contributed by atoms with Gasteiger partial charge in [0.25, 0.3) is 5.91 Å². The van der Waals surface area contributed by atoms with Gasteiger partial charge < -0.3 is 5.32 Å². The van der Waals surface area contributed by atoms with E-state index in [1.165, 1.54) is 12.1 Å². The molecule has 28 heavy (non-hydrogen) atoms. The van der Waals surface area contributed by atoms with Gasteiger partial charge in [0.15, 0.2) is 0 Å². The maximum absolute atomic E-state index is 13.2. The molecular weight excluding hydrogens is 355 g/mol. The second-order valence-corrected chi connectivity index (χ2v) is 7.02. The number of pyridine rings is 1. The third kappa shape index (κ3) is 3.45. The van der Waals surface area contributed by atoms with Crippen molar-refractivity contribution < 1.29 is 9.18 Å². The lowest BCUT2D eigenvalue weighted by Crippen LogP contribution is -2.32. The number of carbonyl (C=O) groups is 1. The average molecular weight is 376 g/mol. The summed E-state index contributed by atoms with van der Waals surface area (Å²) in [6.07, 6.45) is 8.15. The third-order valence-corrected chi connectivity index (χ3v) is 5.11. The van der Waals surface area contributed by atoms with Gasteiger partial charge in [-0.2, -0.15) is 5.10 Å². The number of rotatable bonds is 4. The fourth-order valence-corrected chi connectivity index (χ4v) is 3.79. The second-order valence-electron chi connectivity index (χ2n) is 7.02. The number of nitrogens with one attached hydrogen (secondary N) is 1. The van der Waals surface area contributed by atoms with Gasteiger partial charge in [-0.25, -0.2) is 9.07 Å². The van der Waals surface area contributed by atoms with Gasteiger partial charge in [-0.05, 0) is 56.7 Å². The second kappa shape index (κ2) is 7.38. The smallest absolute Gasteiger partial charge is 0.253 e. The van der Waals surface area contributed by atoms with E-state index in [2.05, 4.69) is 21.5 Å². The Kier molecular flexibility index (Phi) is 4.77. The molecule has 1 aromatic carbocycles. The van der Waals surface area contributed by atoms with Crippen LogP contribution in [0.5, 0.6) is 0 Å². The normalized spacial score (nSPS) is 18.4. The van der Waals surface area contributed by atoms with Crippen LogP contribution in [0.4, 0.5) is 4.39 Å². The molecule has 0 aliphatic heterocycles. The number of benzene rings is 1. The Labute approximate surface area is 162 Å². The number of hydrogen-bond acceptors (Lipinski definition) is 3. The molecule has 0 radical (unpaired) electrons. The first-order chi connectivity index (χ1) is 13.5. The fraction of sp³-hybridized carbons (Fsp3) is 0.227. The standard InChI is InChI=1S/C22H21FN4O/c1-14-21(15(2)27(26-14)20-9-6-18(23)7-10-20)16-5-8-19(12-16)25-22(28)17-4-3-11-24-13-17/h3-11,13,16,19H,12H2,1-2H3,(H,25,28)/t16-,19+/m0/s1. The Hall–Kier alpha value is -3.28. The molecule has 2 atom stereocenters. The maximum Gasteiger partial charge on any atom is 0.253 e. The predicted octanol–water partition coefficient (Wildman–Crippen LogP) is 3.87. The van der Waals surface area contributed by atoms with Crippen LogP contribution in [0.25, 0.3) is 5.69 Å². The Morgan fingerprint density at radius 1 is 1.18 bits per heavy atom. The zero-order valence-corrected chi connectivity index (χ0v) is 15.8. The lowest BCUT2D eigenvalue weighted by atomic mass is 9.96. The van der Waals surface area contributed by atoms with E-state index in [0.717, 1.165) is 29.1 Å². The van der Waals surface area contributed by atoms with Crippen LogP contribution in [0.3, 0.4) is 0 Å². The highest BCUT2D eigenvalue weighted by atomic mass is 19.1. The van der Waals surface area contributed by atoms with Gasteiger partial charge in [-0.15, -0.1) is 0 Å². The van der Waals surface area contributed by atoms with Gasteiger partial charge in [0, 0.05) is 35.6 Å². The monoisotopic (exact) mass is 376 g/mol. The summed E-state index contributed by atoms with van der Waals surface area (Å²) < 4.78 is 15.1. The molecule has 1 N–H and O–H groups in total. The summed E-state index contributed by atoms with van der Waals surface area (Å²) in [5.41, 5.74) is 4.50. The molecule has 4 rings (SSSR count). The fourth-order valence-electron chi connectivity index (χ4n) is 3.79. The molecule has 3 aromatic rings. The van der Waals surface area contributed by atoms with E-state index in [0.29, 0.717) is 5.56 Å². The van der Waals surface area contributed by atoms with Crippen LogP contribution in [0.1, 0.15) is 39.6 Å². The Balaban J connectivity index is 1.51. The van der Waals surface area contributed by atoms with Crippen LogP contribution in [0.15, 0.2) is 60.9 Å². The SMILES string of the molecule is Cc1nn(-c2ccc(F)cc2)c(C)c1[C@H]1C=C[C@@H](NC(=O)c2cccnc2)C1. The van der Waals surface area contributed by atoms with E-state index < -0.39 is 0 Å². The summed E-state index contributed by atoms with van der Waals surface area (Å²) in [5.74, 6) is -0.219. The molecule has 0 bridgehead atoms. The van der Waals surface area contributed by atoms with E-state index in [4.69, 9.17) is 0 Å². The topological polar surface area (TPSA) is 59.8 Å². The Bertz CT molecular complexity index is 1020. The van der Waals surface area contributed by atoms with Gasteiger partial charge in [0.1, 0.15) is 5.82 Å². The molecule has 0 spiro atoms. The number of amides is 1. The molecule has 0 saturated heterocycles. The van der Waals surface area contributed by atoms with Crippen molar-refractivity contribution in [2.75, 3.05) is 0 Å². The lowest BCUT2D eigenvalue weighted by molar-refractivity contribution is 0.0943. The molecule has 1 aliphatic rings. The maximum atomic E-state index is 13.2. The van der Waals surface area contributed by atoms with Crippen molar-refractivity contribution in [3.05, 3.63) is 89.3 Å². The van der Waals surface area contributed by atoms with Gasteiger partial charge in [0.05, 0.1) is 16.9 Å². The van der Waals surface area contributed by atoms with Crippen LogP contribution in [0, 0.1) is 19.7 Å². The first-order valence-corrected chi connectivity index (χ1v) is 9.24. The molecule has 1 aliphatic carbocycles. The number of hydrogen-bond donors (Lipinski definition) is 1. The summed E-state index contributed by atoms with van der Waals surface area (Å²) in [7, 11) is 0. The molecule has 142 valence electrons. The Morgan fingerprint density at radius 2 is 1.96 bits per heavy atom. The van der Waals surface area contributed by atoms with E-state index >= 15 is 0 Å². The minimum atomic E-state index is -0.267. The van der Waals surface area contributed by atoms with Crippen LogP contribution in [0.2, 0.25) is 0 Å². The Morgan fingerprint density at radius 3 is 2.68 bits per heavy atom. The molecule has 2 heterocycles. The minimum absolute atomic E-state index is 0.0364. The summed E-state index contributed by atoms with van der Waals surface area (Å²) >= 11 is 0. The minimum Gasteiger partial charge on any atom is -0.346 e. The molecule has 0 fully saturated rings. The lowest BCUT2D eigenvalue weighted by Gasteiger charge is -2.15. The number of halogens is 1. The van der Waals surface area contributed by atoms with Crippen molar-refractivity contribution in [2.24, 2.45) is 0 Å². The molecule has 2 aromatic heterocycles. The summed E-state index contributed by atoms with van der Waals surface area (Å²) in [5, 5.41) is 7.70. The molecule has 0 saturated carbocycles. The average Bonchev–Trinajstić information content (AvgIpc) is 3.26. The number of aromatic nitrogens is 3. The van der Waals surface area contributed by atoms with Crippen LogP contribution >= 0.6 is 0 Å². The summed E-state index contributed by atoms with van der Waals surface area (Å²) in [4.78, 5) is 16.4. The van der Waals surface area contributed by atoms with Gasteiger partial charge >= 0.3 is 0 Å². The van der Waals surface area contributed by atoms with Crippen molar-refractivity contribution >= 4 is 5.91 Å². The van der Waals surface area contributed by atoms with Gasteiger partial charge in [-0.1, -0.05) is 12.2 Å². The van der Waals surface area contributed by atoms with E-state index in [1.54, 1.807) is 36.7 Å². The molecular formula is C22H21FN4O. The van der Waals surface area contributed by atoms with Crippen LogP contribution in [-0.4, -0.2) is 26.7 Å². The quantitative estimate of drug-likeness (QED) is 0.704. The zero-order chi connectivity index (χ0) is 19.7. The van der Waals surface area contributed by atoms with Crippen molar-refractivity contribution in [1.82, 2.24) is 20.1 Å². The van der Waals surface area contributed by atoms with Crippen molar-refractivity contribution in [3.63, 3.8) is 0 Å². The van der Waals surface area contributed by atoms with Gasteiger partial charge in [-0.3, -0.25) is 9.78 Å². The third-order valence-electron chi connectivity index (χ3n) is 5.11. The van der Waals surface area contributed by atoms with Crippen LogP contribution in [-0.2, 0) is 0 Å². The molecule has 0 unspecified atom stereocenters. The number of carbonyl (C=O) groups excluding carboxylic acids is 1. The summed E-state index contributed by atoms with van der Waals surface area (Å²) in [6.45, 7) is 4.01. The zero-order valence-electron chi connectivity index (χ0n) is 15.8. The number of aryl methyl sites for hydroxylation is 1. The summed E-state index contributed by atoms with van der Waals surface area (Å²) in [6, 6.07) is 9.78. The molecule has 5 nitrogen and oxygen atoms in total. The van der Waals surface area contributed by atoms with E-state index in [-0.39, 0.29) is 23.7 Å². The van der Waals surface area contributed by atoms with Crippen molar-refractivity contribution in [1.29, 1.82) is 0 Å². The highest BCUT2D eigenvalue weighted by Crippen LogP contribution is 2.34.